The molecule has 1 aromatic rings. The van der Waals surface area contributed by atoms with Crippen molar-refractivity contribution in [3.05, 3.63) is 29.3 Å². The zero-order valence-corrected chi connectivity index (χ0v) is 9.09. The van der Waals surface area contributed by atoms with Gasteiger partial charge in [-0.2, -0.15) is 0 Å². The van der Waals surface area contributed by atoms with Crippen molar-refractivity contribution in [3.8, 4) is 0 Å². The van der Waals surface area contributed by atoms with Gasteiger partial charge >= 0.3 is 0 Å². The third kappa shape index (κ3) is 1.70. The van der Waals surface area contributed by atoms with Gasteiger partial charge in [-0.05, 0) is 18.9 Å². The smallest absolute Gasteiger partial charge is 0.246 e. The van der Waals surface area contributed by atoms with Crippen LogP contribution in [0.25, 0.3) is 0 Å². The molecule has 17 heavy (non-hydrogen) atoms. The lowest BCUT2D eigenvalue weighted by atomic mass is 9.91. The van der Waals surface area contributed by atoms with Gasteiger partial charge in [-0.1, -0.05) is 6.42 Å². The van der Waals surface area contributed by atoms with Gasteiger partial charge in [0.1, 0.15) is 17.7 Å². The predicted molar refractivity (Wildman–Crippen MR) is 58.5 cm³/mol. The van der Waals surface area contributed by atoms with E-state index in [0.29, 0.717) is 0 Å². The highest BCUT2D eigenvalue weighted by Gasteiger charge is 2.36. The van der Waals surface area contributed by atoms with E-state index in [2.05, 4.69) is 10.6 Å². The van der Waals surface area contributed by atoms with Crippen LogP contribution < -0.4 is 10.6 Å². The number of amides is 1. The van der Waals surface area contributed by atoms with Crippen LogP contribution in [0.3, 0.4) is 0 Å². The SMILES string of the molecule is O=C1Nc2cc(F)cc(F)c2C1NC1CCC1. The molecule has 1 fully saturated rings. The number of fused-ring (bicyclic) bond motifs is 1. The van der Waals surface area contributed by atoms with E-state index >= 15 is 0 Å². The lowest BCUT2D eigenvalue weighted by Crippen LogP contribution is -2.40. The first-order valence-corrected chi connectivity index (χ1v) is 5.71. The van der Waals surface area contributed by atoms with Crippen molar-refractivity contribution in [1.82, 2.24) is 5.32 Å². The van der Waals surface area contributed by atoms with Crippen LogP contribution in [0.15, 0.2) is 12.1 Å². The lowest BCUT2D eigenvalue weighted by molar-refractivity contribution is -0.118. The summed E-state index contributed by atoms with van der Waals surface area (Å²) in [6.45, 7) is 0. The fraction of sp³-hybridized carbons (Fsp3) is 0.417. The number of carbonyl (C=O) groups is 1. The molecule has 1 atom stereocenters. The molecule has 1 amide bonds. The highest BCUT2D eigenvalue weighted by Crippen LogP contribution is 2.35. The summed E-state index contributed by atoms with van der Waals surface area (Å²) >= 11 is 0. The molecule has 2 N–H and O–H groups in total. The van der Waals surface area contributed by atoms with Crippen LogP contribution in [0.2, 0.25) is 0 Å². The molecule has 3 rings (SSSR count). The van der Waals surface area contributed by atoms with Crippen molar-refractivity contribution in [2.45, 2.75) is 31.3 Å². The predicted octanol–water partition coefficient (Wildman–Crippen LogP) is 2.10. The Morgan fingerprint density at radius 2 is 2.06 bits per heavy atom. The van der Waals surface area contributed by atoms with Crippen molar-refractivity contribution < 1.29 is 13.6 Å². The standard InChI is InChI=1S/C12H12F2N2O/c13-6-4-8(14)10-9(5-6)16-12(17)11(10)15-7-2-1-3-7/h4-5,7,11,15H,1-3H2,(H,16,17). The van der Waals surface area contributed by atoms with E-state index in [0.717, 1.165) is 31.4 Å². The van der Waals surface area contributed by atoms with E-state index in [9.17, 15) is 13.6 Å². The summed E-state index contributed by atoms with van der Waals surface area (Å²) in [6.07, 6.45) is 3.13. The van der Waals surface area contributed by atoms with E-state index in [4.69, 9.17) is 0 Å². The van der Waals surface area contributed by atoms with Gasteiger partial charge < -0.3 is 5.32 Å². The minimum absolute atomic E-state index is 0.239. The number of nitrogens with one attached hydrogen (secondary N) is 2. The zero-order valence-electron chi connectivity index (χ0n) is 9.09. The molecule has 1 aliphatic heterocycles. The Bertz CT molecular complexity index is 486. The molecule has 0 radical (unpaired) electrons. The molecule has 90 valence electrons. The van der Waals surface area contributed by atoms with Crippen LogP contribution >= 0.6 is 0 Å². The molecule has 0 saturated heterocycles. The van der Waals surface area contributed by atoms with Crippen molar-refractivity contribution in [2.75, 3.05) is 5.32 Å². The molecule has 1 heterocycles. The molecule has 5 heteroatoms. The lowest BCUT2D eigenvalue weighted by Gasteiger charge is -2.29. The third-order valence-electron chi connectivity index (χ3n) is 3.41. The molecule has 0 bridgehead atoms. The topological polar surface area (TPSA) is 41.1 Å². The fourth-order valence-electron chi connectivity index (χ4n) is 2.29. The van der Waals surface area contributed by atoms with Gasteiger partial charge in [-0.15, -0.1) is 0 Å². The maximum atomic E-state index is 13.7. The molecule has 0 aromatic heterocycles. The van der Waals surface area contributed by atoms with Crippen LogP contribution in [-0.2, 0) is 4.79 Å². The van der Waals surface area contributed by atoms with Gasteiger partial charge in [0.2, 0.25) is 5.91 Å². The second-order valence-corrected chi connectivity index (χ2v) is 4.57. The average Bonchev–Trinajstić information content (AvgIpc) is 2.48. The van der Waals surface area contributed by atoms with Gasteiger partial charge in [-0.3, -0.25) is 10.1 Å². The molecule has 1 unspecified atom stereocenters. The van der Waals surface area contributed by atoms with E-state index in [1.165, 1.54) is 0 Å². The van der Waals surface area contributed by atoms with Crippen molar-refractivity contribution >= 4 is 11.6 Å². The van der Waals surface area contributed by atoms with Gasteiger partial charge in [-0.25, -0.2) is 8.78 Å². The van der Waals surface area contributed by atoms with E-state index in [1.807, 2.05) is 0 Å². The molecule has 3 nitrogen and oxygen atoms in total. The first kappa shape index (κ1) is 10.7. The van der Waals surface area contributed by atoms with Gasteiger partial charge in [0, 0.05) is 17.7 Å². The van der Waals surface area contributed by atoms with Gasteiger partial charge in [0.25, 0.3) is 0 Å². The number of hydrogen-bond acceptors (Lipinski definition) is 2. The number of rotatable bonds is 2. The summed E-state index contributed by atoms with van der Waals surface area (Å²) in [4.78, 5) is 11.7. The van der Waals surface area contributed by atoms with Gasteiger partial charge in [0.05, 0.1) is 5.69 Å². The molecule has 2 aliphatic rings. The monoisotopic (exact) mass is 238 g/mol. The quantitative estimate of drug-likeness (QED) is 0.828. The third-order valence-corrected chi connectivity index (χ3v) is 3.41. The summed E-state index contributed by atoms with van der Waals surface area (Å²) in [5.41, 5.74) is 0.479. The van der Waals surface area contributed by atoms with Crippen LogP contribution in [-0.4, -0.2) is 11.9 Å². The van der Waals surface area contributed by atoms with Crippen LogP contribution in [0, 0.1) is 11.6 Å². The maximum absolute atomic E-state index is 13.7. The second kappa shape index (κ2) is 3.77. The van der Waals surface area contributed by atoms with E-state index < -0.39 is 17.7 Å². The number of hydrogen-bond donors (Lipinski definition) is 2. The van der Waals surface area contributed by atoms with Crippen molar-refractivity contribution in [2.24, 2.45) is 0 Å². The Balaban J connectivity index is 1.94. The minimum atomic E-state index is -0.684. The molecular weight excluding hydrogens is 226 g/mol. The normalized spacial score (nSPS) is 23.2. The Morgan fingerprint density at radius 1 is 1.29 bits per heavy atom. The molecule has 0 spiro atoms. The number of halogens is 2. The highest BCUT2D eigenvalue weighted by atomic mass is 19.1. The summed E-state index contributed by atoms with van der Waals surface area (Å²) in [6, 6.07) is 1.55. The molecule has 1 aromatic carbocycles. The molecular formula is C12H12F2N2O. The largest absolute Gasteiger partial charge is 0.324 e. The number of carbonyl (C=O) groups excluding carboxylic acids is 1. The first-order chi connectivity index (χ1) is 8.15. The fourth-order valence-corrected chi connectivity index (χ4v) is 2.29. The number of anilines is 1. The minimum Gasteiger partial charge on any atom is -0.324 e. The average molecular weight is 238 g/mol. The van der Waals surface area contributed by atoms with E-state index in [-0.39, 0.29) is 23.2 Å². The zero-order chi connectivity index (χ0) is 12.0. The Labute approximate surface area is 97.2 Å². The summed E-state index contributed by atoms with van der Waals surface area (Å²) in [5, 5.41) is 5.61. The molecule has 1 saturated carbocycles. The van der Waals surface area contributed by atoms with Gasteiger partial charge in [0.15, 0.2) is 0 Å². The summed E-state index contributed by atoms with van der Waals surface area (Å²) in [5.74, 6) is -1.66. The number of benzene rings is 1. The summed E-state index contributed by atoms with van der Waals surface area (Å²) in [7, 11) is 0. The highest BCUT2D eigenvalue weighted by molar-refractivity contribution is 6.02. The maximum Gasteiger partial charge on any atom is 0.246 e. The Hall–Kier alpha value is -1.49. The van der Waals surface area contributed by atoms with E-state index in [1.54, 1.807) is 0 Å². The summed E-state index contributed by atoms with van der Waals surface area (Å²) < 4.78 is 26.7. The Kier molecular flexibility index (Phi) is 2.36. The van der Waals surface area contributed by atoms with Crippen molar-refractivity contribution in [3.63, 3.8) is 0 Å². The Morgan fingerprint density at radius 3 is 2.71 bits per heavy atom. The molecule has 1 aliphatic carbocycles. The van der Waals surface area contributed by atoms with Crippen molar-refractivity contribution in [1.29, 1.82) is 0 Å². The van der Waals surface area contributed by atoms with Crippen LogP contribution in [0.4, 0.5) is 14.5 Å². The second-order valence-electron chi connectivity index (χ2n) is 4.57. The van der Waals surface area contributed by atoms with Crippen LogP contribution in [0.1, 0.15) is 30.9 Å². The van der Waals surface area contributed by atoms with Crippen LogP contribution in [0.5, 0.6) is 0 Å². The first-order valence-electron chi connectivity index (χ1n) is 5.71.